The average Bonchev–Trinajstić information content (AvgIpc) is 3.02. The molecule has 2 N–H and O–H groups in total. The standard InChI is InChI=1S/C11H13FN2O2/c1-11(10(15)16,14-8-3-4-8)9-5-2-7(12)6-13-9/h2,5-6,8,14H,3-4H2,1H3,(H,15,16). The van der Waals surface area contributed by atoms with E-state index in [1.807, 2.05) is 0 Å². The smallest absolute Gasteiger partial charge is 0.329 e. The van der Waals surface area contributed by atoms with Crippen molar-refractivity contribution in [3.63, 3.8) is 0 Å². The van der Waals surface area contributed by atoms with Crippen molar-refractivity contribution < 1.29 is 14.3 Å². The van der Waals surface area contributed by atoms with E-state index in [0.717, 1.165) is 19.0 Å². The molecule has 0 bridgehead atoms. The van der Waals surface area contributed by atoms with Gasteiger partial charge in [0.15, 0.2) is 5.54 Å². The van der Waals surface area contributed by atoms with Crippen molar-refractivity contribution in [2.24, 2.45) is 0 Å². The lowest BCUT2D eigenvalue weighted by atomic mass is 9.97. The molecule has 1 unspecified atom stereocenters. The van der Waals surface area contributed by atoms with Crippen LogP contribution in [0.5, 0.6) is 0 Å². The Morgan fingerprint density at radius 2 is 2.31 bits per heavy atom. The maximum absolute atomic E-state index is 12.7. The van der Waals surface area contributed by atoms with Crippen LogP contribution in [0.15, 0.2) is 18.3 Å². The first-order chi connectivity index (χ1) is 7.52. The number of carbonyl (C=O) groups is 1. The van der Waals surface area contributed by atoms with Crippen LogP contribution in [-0.4, -0.2) is 22.1 Å². The molecule has 1 aromatic rings. The maximum Gasteiger partial charge on any atom is 0.329 e. The lowest BCUT2D eigenvalue weighted by Crippen LogP contribution is -2.48. The molecule has 4 nitrogen and oxygen atoms in total. The van der Waals surface area contributed by atoms with Crippen LogP contribution in [0.2, 0.25) is 0 Å². The molecule has 0 saturated heterocycles. The summed E-state index contributed by atoms with van der Waals surface area (Å²) in [5, 5.41) is 12.3. The Labute approximate surface area is 92.5 Å². The first kappa shape index (κ1) is 11.0. The SMILES string of the molecule is CC(NC1CC1)(C(=O)O)c1ccc(F)cn1. The van der Waals surface area contributed by atoms with Crippen molar-refractivity contribution in [3.8, 4) is 0 Å². The Morgan fingerprint density at radius 3 is 2.75 bits per heavy atom. The molecule has 1 aliphatic carbocycles. The number of nitrogens with one attached hydrogen (secondary N) is 1. The average molecular weight is 224 g/mol. The number of pyridine rings is 1. The normalized spacial score (nSPS) is 19.1. The highest BCUT2D eigenvalue weighted by Crippen LogP contribution is 2.27. The molecule has 16 heavy (non-hydrogen) atoms. The van der Waals surface area contributed by atoms with Gasteiger partial charge in [-0.2, -0.15) is 0 Å². The van der Waals surface area contributed by atoms with Gasteiger partial charge in [-0.25, -0.2) is 9.18 Å². The van der Waals surface area contributed by atoms with Gasteiger partial charge in [-0.15, -0.1) is 0 Å². The summed E-state index contributed by atoms with van der Waals surface area (Å²) >= 11 is 0. The number of halogens is 1. The van der Waals surface area contributed by atoms with Crippen molar-refractivity contribution in [1.82, 2.24) is 10.3 Å². The highest BCUT2D eigenvalue weighted by atomic mass is 19.1. The zero-order chi connectivity index (χ0) is 11.8. The van der Waals surface area contributed by atoms with Crippen molar-refractivity contribution >= 4 is 5.97 Å². The number of nitrogens with zero attached hydrogens (tertiary/aromatic N) is 1. The summed E-state index contributed by atoms with van der Waals surface area (Å²) < 4.78 is 12.7. The molecule has 1 aliphatic rings. The van der Waals surface area contributed by atoms with Gasteiger partial charge in [0.05, 0.1) is 11.9 Å². The van der Waals surface area contributed by atoms with E-state index in [2.05, 4.69) is 10.3 Å². The van der Waals surface area contributed by atoms with Crippen LogP contribution >= 0.6 is 0 Å². The van der Waals surface area contributed by atoms with Crippen molar-refractivity contribution in [2.75, 3.05) is 0 Å². The summed E-state index contributed by atoms with van der Waals surface area (Å²) in [6.07, 6.45) is 2.99. The third-order valence-corrected chi connectivity index (χ3v) is 2.74. The fourth-order valence-electron chi connectivity index (χ4n) is 1.55. The van der Waals surface area contributed by atoms with Crippen LogP contribution in [-0.2, 0) is 10.3 Å². The molecular formula is C11H13FN2O2. The van der Waals surface area contributed by atoms with E-state index < -0.39 is 17.3 Å². The Balaban J connectivity index is 2.30. The minimum absolute atomic E-state index is 0.230. The first-order valence-electron chi connectivity index (χ1n) is 5.15. The summed E-state index contributed by atoms with van der Waals surface area (Å²) in [4.78, 5) is 15.1. The number of carboxylic acid groups (broad SMARTS) is 1. The highest BCUT2D eigenvalue weighted by molar-refractivity contribution is 5.79. The fourth-order valence-corrected chi connectivity index (χ4v) is 1.55. The first-order valence-corrected chi connectivity index (χ1v) is 5.15. The monoisotopic (exact) mass is 224 g/mol. The van der Waals surface area contributed by atoms with E-state index in [9.17, 15) is 14.3 Å². The minimum Gasteiger partial charge on any atom is -0.480 e. The Hall–Kier alpha value is -1.49. The molecule has 1 aromatic heterocycles. The topological polar surface area (TPSA) is 62.2 Å². The molecule has 2 rings (SSSR count). The molecule has 86 valence electrons. The fraction of sp³-hybridized carbons (Fsp3) is 0.455. The number of aromatic nitrogens is 1. The number of carboxylic acids is 1. The molecule has 1 heterocycles. The summed E-state index contributed by atoms with van der Waals surface area (Å²) in [5.74, 6) is -1.47. The molecular weight excluding hydrogens is 211 g/mol. The summed E-state index contributed by atoms with van der Waals surface area (Å²) in [7, 11) is 0. The number of hydrogen-bond acceptors (Lipinski definition) is 3. The van der Waals surface area contributed by atoms with E-state index >= 15 is 0 Å². The van der Waals surface area contributed by atoms with Crippen LogP contribution in [0.25, 0.3) is 0 Å². The van der Waals surface area contributed by atoms with Gasteiger partial charge in [-0.3, -0.25) is 10.3 Å². The van der Waals surface area contributed by atoms with Gasteiger partial charge in [0.2, 0.25) is 0 Å². The summed E-state index contributed by atoms with van der Waals surface area (Å²) in [5.41, 5.74) is -0.914. The molecule has 1 atom stereocenters. The van der Waals surface area contributed by atoms with Crippen LogP contribution < -0.4 is 5.32 Å². The van der Waals surface area contributed by atoms with E-state index in [1.165, 1.54) is 12.1 Å². The molecule has 0 aromatic carbocycles. The van der Waals surface area contributed by atoms with Crippen molar-refractivity contribution in [2.45, 2.75) is 31.3 Å². The van der Waals surface area contributed by atoms with Crippen LogP contribution in [0.3, 0.4) is 0 Å². The second-order valence-corrected chi connectivity index (χ2v) is 4.21. The predicted molar refractivity (Wildman–Crippen MR) is 55.3 cm³/mol. The van der Waals surface area contributed by atoms with Crippen LogP contribution in [0.4, 0.5) is 4.39 Å². The van der Waals surface area contributed by atoms with Gasteiger partial charge in [-0.1, -0.05) is 0 Å². The van der Waals surface area contributed by atoms with Crippen LogP contribution in [0, 0.1) is 5.82 Å². The summed E-state index contributed by atoms with van der Waals surface area (Å²) in [6, 6.07) is 2.85. The Bertz CT molecular complexity index is 403. The Morgan fingerprint density at radius 1 is 1.62 bits per heavy atom. The Kier molecular flexibility index (Phi) is 2.63. The van der Waals surface area contributed by atoms with E-state index in [1.54, 1.807) is 6.92 Å². The number of hydrogen-bond donors (Lipinski definition) is 2. The minimum atomic E-state index is -1.24. The van der Waals surface area contributed by atoms with Crippen molar-refractivity contribution in [3.05, 3.63) is 29.8 Å². The zero-order valence-electron chi connectivity index (χ0n) is 8.90. The summed E-state index contributed by atoms with van der Waals surface area (Å²) in [6.45, 7) is 1.55. The molecule has 0 radical (unpaired) electrons. The van der Waals surface area contributed by atoms with E-state index in [4.69, 9.17) is 0 Å². The van der Waals surface area contributed by atoms with Gasteiger partial charge in [0.25, 0.3) is 0 Å². The highest BCUT2D eigenvalue weighted by Gasteiger charge is 2.41. The van der Waals surface area contributed by atoms with Gasteiger partial charge in [0.1, 0.15) is 5.82 Å². The third kappa shape index (κ3) is 2.04. The lowest BCUT2D eigenvalue weighted by molar-refractivity contribution is -0.144. The predicted octanol–water partition coefficient (Wildman–Crippen LogP) is 1.27. The largest absolute Gasteiger partial charge is 0.480 e. The third-order valence-electron chi connectivity index (χ3n) is 2.74. The van der Waals surface area contributed by atoms with Crippen molar-refractivity contribution in [1.29, 1.82) is 0 Å². The lowest BCUT2D eigenvalue weighted by Gasteiger charge is -2.25. The van der Waals surface area contributed by atoms with E-state index in [-0.39, 0.29) is 6.04 Å². The molecule has 1 fully saturated rings. The van der Waals surface area contributed by atoms with Gasteiger partial charge in [-0.05, 0) is 31.9 Å². The van der Waals surface area contributed by atoms with E-state index in [0.29, 0.717) is 5.69 Å². The molecule has 0 amide bonds. The number of aliphatic carboxylic acids is 1. The maximum atomic E-state index is 12.7. The second kappa shape index (κ2) is 3.83. The van der Waals surface area contributed by atoms with Gasteiger partial charge < -0.3 is 5.11 Å². The molecule has 1 saturated carbocycles. The zero-order valence-corrected chi connectivity index (χ0v) is 8.90. The number of rotatable bonds is 4. The molecule has 5 heteroatoms. The van der Waals surface area contributed by atoms with Gasteiger partial charge in [0, 0.05) is 6.04 Å². The quantitative estimate of drug-likeness (QED) is 0.808. The van der Waals surface area contributed by atoms with Gasteiger partial charge >= 0.3 is 5.97 Å². The van der Waals surface area contributed by atoms with Crippen LogP contribution in [0.1, 0.15) is 25.5 Å². The molecule has 0 spiro atoms. The second-order valence-electron chi connectivity index (χ2n) is 4.21. The molecule has 0 aliphatic heterocycles.